The quantitative estimate of drug-likeness (QED) is 0.514. The Labute approximate surface area is 120 Å². The van der Waals surface area contributed by atoms with Crippen molar-refractivity contribution in [3.05, 3.63) is 66.0 Å². The number of hydrazone groups is 1. The predicted octanol–water partition coefficient (Wildman–Crippen LogP) is 1.91. The van der Waals surface area contributed by atoms with Crippen molar-refractivity contribution in [2.24, 2.45) is 5.10 Å². The van der Waals surface area contributed by atoms with E-state index in [1.165, 1.54) is 30.5 Å². The summed E-state index contributed by atoms with van der Waals surface area (Å²) in [5.74, 6) is -2.08. The maximum atomic E-state index is 12.7. The zero-order chi connectivity index (χ0) is 15.1. The Hall–Kier alpha value is -3.02. The van der Waals surface area contributed by atoms with E-state index in [-0.39, 0.29) is 5.82 Å². The molecule has 0 heterocycles. The van der Waals surface area contributed by atoms with Gasteiger partial charge in [-0.1, -0.05) is 30.3 Å². The van der Waals surface area contributed by atoms with Gasteiger partial charge in [-0.25, -0.2) is 9.82 Å². The van der Waals surface area contributed by atoms with E-state index >= 15 is 0 Å². The number of anilines is 1. The second-order valence-electron chi connectivity index (χ2n) is 4.07. The Morgan fingerprint density at radius 3 is 2.29 bits per heavy atom. The minimum Gasteiger partial charge on any atom is -0.318 e. The fraction of sp³-hybridized carbons (Fsp3) is 0. The highest BCUT2D eigenvalue weighted by molar-refractivity contribution is 6.39. The van der Waals surface area contributed by atoms with Gasteiger partial charge in [0.1, 0.15) is 5.82 Å². The van der Waals surface area contributed by atoms with Gasteiger partial charge in [0.25, 0.3) is 0 Å². The molecule has 0 bridgehead atoms. The van der Waals surface area contributed by atoms with Crippen LogP contribution in [-0.4, -0.2) is 18.0 Å². The van der Waals surface area contributed by atoms with Crippen molar-refractivity contribution in [2.75, 3.05) is 5.32 Å². The zero-order valence-electron chi connectivity index (χ0n) is 10.9. The summed E-state index contributed by atoms with van der Waals surface area (Å²) in [7, 11) is 0. The molecule has 106 valence electrons. The Balaban J connectivity index is 1.86. The van der Waals surface area contributed by atoms with Gasteiger partial charge < -0.3 is 5.32 Å². The van der Waals surface area contributed by atoms with Crippen LogP contribution >= 0.6 is 0 Å². The molecule has 2 N–H and O–H groups in total. The number of nitrogens with zero attached hydrogens (tertiary/aromatic N) is 1. The van der Waals surface area contributed by atoms with Crippen molar-refractivity contribution in [1.29, 1.82) is 0 Å². The molecular weight excluding hydrogens is 273 g/mol. The molecule has 2 amide bonds. The largest absolute Gasteiger partial charge is 0.329 e. The lowest BCUT2D eigenvalue weighted by molar-refractivity contribution is -0.136. The van der Waals surface area contributed by atoms with Gasteiger partial charge in [0, 0.05) is 5.69 Å². The molecule has 0 radical (unpaired) electrons. The normalized spacial score (nSPS) is 10.3. The summed E-state index contributed by atoms with van der Waals surface area (Å²) in [4.78, 5) is 23.0. The molecule has 2 aromatic carbocycles. The molecule has 0 fully saturated rings. The van der Waals surface area contributed by atoms with Gasteiger partial charge in [0.15, 0.2) is 0 Å². The lowest BCUT2D eigenvalue weighted by Gasteiger charge is -2.02. The highest BCUT2D eigenvalue weighted by atomic mass is 19.1. The van der Waals surface area contributed by atoms with Crippen LogP contribution in [0, 0.1) is 5.82 Å². The van der Waals surface area contributed by atoms with Gasteiger partial charge in [0.05, 0.1) is 6.21 Å². The van der Waals surface area contributed by atoms with Crippen molar-refractivity contribution in [3.8, 4) is 0 Å². The number of amides is 2. The highest BCUT2D eigenvalue weighted by Crippen LogP contribution is 2.04. The summed E-state index contributed by atoms with van der Waals surface area (Å²) < 4.78 is 12.7. The Kier molecular flexibility index (Phi) is 4.76. The first-order valence-electron chi connectivity index (χ1n) is 6.10. The number of carbonyl (C=O) groups excluding carboxylic acids is 2. The third-order valence-electron chi connectivity index (χ3n) is 2.49. The Bertz CT molecular complexity index is 654. The number of carbonyl (C=O) groups is 2. The summed E-state index contributed by atoms with van der Waals surface area (Å²) in [6, 6.07) is 14.1. The molecule has 0 aliphatic heterocycles. The van der Waals surface area contributed by atoms with Gasteiger partial charge >= 0.3 is 11.8 Å². The predicted molar refractivity (Wildman–Crippen MR) is 77.2 cm³/mol. The Morgan fingerprint density at radius 2 is 1.62 bits per heavy atom. The maximum absolute atomic E-state index is 12.7. The molecule has 21 heavy (non-hydrogen) atoms. The Morgan fingerprint density at radius 1 is 0.952 bits per heavy atom. The summed E-state index contributed by atoms with van der Waals surface area (Å²) in [5.41, 5.74) is 3.20. The van der Waals surface area contributed by atoms with E-state index in [1.54, 1.807) is 30.3 Å². The molecular formula is C15H12FN3O2. The van der Waals surface area contributed by atoms with E-state index in [0.717, 1.165) is 0 Å². The smallest absolute Gasteiger partial charge is 0.318 e. The first kappa shape index (κ1) is 14.4. The van der Waals surface area contributed by atoms with Crippen molar-refractivity contribution < 1.29 is 14.0 Å². The fourth-order valence-corrected chi connectivity index (χ4v) is 1.47. The van der Waals surface area contributed by atoms with Crippen LogP contribution in [0.3, 0.4) is 0 Å². The fourth-order valence-electron chi connectivity index (χ4n) is 1.47. The summed E-state index contributed by atoms with van der Waals surface area (Å²) in [5, 5.41) is 6.05. The number of rotatable bonds is 3. The molecule has 0 saturated carbocycles. The van der Waals surface area contributed by atoms with Gasteiger partial charge in [-0.05, 0) is 29.8 Å². The molecule has 0 aliphatic rings. The van der Waals surface area contributed by atoms with Crippen LogP contribution in [0.4, 0.5) is 10.1 Å². The zero-order valence-corrected chi connectivity index (χ0v) is 10.9. The summed E-state index contributed by atoms with van der Waals surface area (Å²) in [6.07, 6.45) is 1.31. The third-order valence-corrected chi connectivity index (χ3v) is 2.49. The second-order valence-corrected chi connectivity index (χ2v) is 4.07. The standard InChI is InChI=1S/C15H12FN3O2/c16-12-8-6-11(7-9-12)10-17-19-15(21)14(20)18-13-4-2-1-3-5-13/h1-10H,(H,18,20)(H,19,21). The van der Waals surface area contributed by atoms with Crippen LogP contribution < -0.4 is 10.7 Å². The molecule has 0 aliphatic carbocycles. The van der Waals surface area contributed by atoms with Crippen molar-refractivity contribution >= 4 is 23.7 Å². The lowest BCUT2D eigenvalue weighted by atomic mass is 10.2. The van der Waals surface area contributed by atoms with Crippen molar-refractivity contribution in [2.45, 2.75) is 0 Å². The minimum absolute atomic E-state index is 0.363. The van der Waals surface area contributed by atoms with E-state index in [0.29, 0.717) is 11.3 Å². The molecule has 2 rings (SSSR count). The van der Waals surface area contributed by atoms with Gasteiger partial charge in [-0.2, -0.15) is 5.10 Å². The van der Waals surface area contributed by atoms with Crippen LogP contribution in [0.1, 0.15) is 5.56 Å². The van der Waals surface area contributed by atoms with Crippen LogP contribution in [0.25, 0.3) is 0 Å². The average molecular weight is 285 g/mol. The van der Waals surface area contributed by atoms with Gasteiger partial charge in [-0.3, -0.25) is 9.59 Å². The number of para-hydroxylation sites is 1. The minimum atomic E-state index is -0.891. The summed E-state index contributed by atoms with van der Waals surface area (Å²) in [6.45, 7) is 0. The van der Waals surface area contributed by atoms with Crippen LogP contribution in [0.5, 0.6) is 0 Å². The highest BCUT2D eigenvalue weighted by Gasteiger charge is 2.12. The van der Waals surface area contributed by atoms with E-state index in [9.17, 15) is 14.0 Å². The third kappa shape index (κ3) is 4.54. The molecule has 5 nitrogen and oxygen atoms in total. The number of hydrogen-bond donors (Lipinski definition) is 2. The summed E-state index contributed by atoms with van der Waals surface area (Å²) >= 11 is 0. The molecule has 0 spiro atoms. The van der Waals surface area contributed by atoms with Crippen LogP contribution in [0.15, 0.2) is 59.7 Å². The van der Waals surface area contributed by atoms with Crippen LogP contribution in [0.2, 0.25) is 0 Å². The van der Waals surface area contributed by atoms with Crippen LogP contribution in [-0.2, 0) is 9.59 Å². The monoisotopic (exact) mass is 285 g/mol. The number of benzene rings is 2. The van der Waals surface area contributed by atoms with E-state index < -0.39 is 11.8 Å². The molecule has 0 atom stereocenters. The van der Waals surface area contributed by atoms with E-state index in [1.807, 2.05) is 0 Å². The first-order chi connectivity index (χ1) is 10.1. The number of hydrogen-bond acceptors (Lipinski definition) is 3. The molecule has 6 heteroatoms. The van der Waals surface area contributed by atoms with Crippen molar-refractivity contribution in [3.63, 3.8) is 0 Å². The number of nitrogens with one attached hydrogen (secondary N) is 2. The molecule has 0 unspecified atom stereocenters. The number of halogens is 1. The molecule has 0 saturated heterocycles. The van der Waals surface area contributed by atoms with Crippen molar-refractivity contribution in [1.82, 2.24) is 5.43 Å². The topological polar surface area (TPSA) is 70.6 Å². The lowest BCUT2D eigenvalue weighted by Crippen LogP contribution is -2.32. The van der Waals surface area contributed by atoms with E-state index in [2.05, 4.69) is 15.8 Å². The second kappa shape index (κ2) is 6.95. The molecule has 0 aromatic heterocycles. The average Bonchev–Trinajstić information content (AvgIpc) is 2.50. The first-order valence-corrected chi connectivity index (χ1v) is 6.10. The SMILES string of the molecule is O=C(NN=Cc1ccc(F)cc1)C(=O)Nc1ccccc1. The maximum Gasteiger partial charge on any atom is 0.329 e. The van der Waals surface area contributed by atoms with Gasteiger partial charge in [-0.15, -0.1) is 0 Å². The van der Waals surface area contributed by atoms with Gasteiger partial charge in [0.2, 0.25) is 0 Å². The molecule has 2 aromatic rings. The van der Waals surface area contributed by atoms with E-state index in [4.69, 9.17) is 0 Å².